The molecule has 0 bridgehead atoms. The minimum atomic E-state index is 0.470. The quantitative estimate of drug-likeness (QED) is 0.439. The average Bonchev–Trinajstić information content (AvgIpc) is 2.12. The molecular formula is C11H20O. The lowest BCUT2D eigenvalue weighted by Gasteiger charge is -2.08. The summed E-state index contributed by atoms with van der Waals surface area (Å²) < 4.78 is 0. The number of allylic oxidation sites excluding steroid dienone is 2. The van der Waals surface area contributed by atoms with Gasteiger partial charge in [0.15, 0.2) is 0 Å². The highest BCUT2D eigenvalue weighted by atomic mass is 16.1. The molecule has 1 atom stereocenters. The Bertz CT molecular complexity index is 141. The fraction of sp³-hybridized carbons (Fsp3) is 0.727. The highest BCUT2D eigenvalue weighted by Crippen LogP contribution is 2.15. The molecule has 0 aliphatic rings. The van der Waals surface area contributed by atoms with E-state index >= 15 is 0 Å². The summed E-state index contributed by atoms with van der Waals surface area (Å²) in [6.07, 6.45) is 7.28. The molecule has 0 saturated carbocycles. The van der Waals surface area contributed by atoms with Crippen molar-refractivity contribution < 1.29 is 4.79 Å². The average molecular weight is 168 g/mol. The molecule has 0 saturated heterocycles. The molecule has 0 aromatic heterocycles. The van der Waals surface area contributed by atoms with E-state index < -0.39 is 0 Å². The van der Waals surface area contributed by atoms with E-state index in [1.165, 1.54) is 5.57 Å². The topological polar surface area (TPSA) is 17.1 Å². The molecule has 0 aliphatic heterocycles. The van der Waals surface area contributed by atoms with Gasteiger partial charge in [0.1, 0.15) is 6.29 Å². The van der Waals surface area contributed by atoms with Crippen molar-refractivity contribution in [1.29, 1.82) is 0 Å². The number of carbonyl (C=O) groups excluding carboxylic acids is 1. The van der Waals surface area contributed by atoms with Crippen molar-refractivity contribution >= 4 is 6.29 Å². The smallest absolute Gasteiger partial charge is 0.120 e. The van der Waals surface area contributed by atoms with E-state index in [2.05, 4.69) is 26.8 Å². The van der Waals surface area contributed by atoms with E-state index in [1.54, 1.807) is 0 Å². The van der Waals surface area contributed by atoms with Gasteiger partial charge in [-0.2, -0.15) is 0 Å². The second kappa shape index (κ2) is 7.08. The number of hydrogen-bond donors (Lipinski definition) is 0. The molecule has 0 heterocycles. The minimum absolute atomic E-state index is 0.470. The lowest BCUT2D eigenvalue weighted by Crippen LogP contribution is -1.96. The first-order chi connectivity index (χ1) is 5.78. The Balaban J connectivity index is 4.10. The Morgan fingerprint density at radius 3 is 2.17 bits per heavy atom. The first-order valence-corrected chi connectivity index (χ1v) is 4.91. The molecule has 1 nitrogen and oxygen atoms in total. The first kappa shape index (κ1) is 11.4. The lowest BCUT2D eigenvalue weighted by molar-refractivity contribution is -0.108. The Hall–Kier alpha value is -0.590. The fourth-order valence-corrected chi connectivity index (χ4v) is 1.30. The van der Waals surface area contributed by atoms with Gasteiger partial charge in [-0.3, -0.25) is 0 Å². The number of hydrogen-bond acceptors (Lipinski definition) is 1. The van der Waals surface area contributed by atoms with Gasteiger partial charge < -0.3 is 4.79 Å². The molecule has 70 valence electrons. The van der Waals surface area contributed by atoms with Gasteiger partial charge in [-0.15, -0.1) is 0 Å². The second-order valence-corrected chi connectivity index (χ2v) is 3.10. The summed E-state index contributed by atoms with van der Waals surface area (Å²) >= 11 is 0. The van der Waals surface area contributed by atoms with E-state index in [0.29, 0.717) is 12.3 Å². The molecular weight excluding hydrogens is 148 g/mol. The monoisotopic (exact) mass is 168 g/mol. The molecule has 0 N–H and O–H groups in total. The third-order valence-electron chi connectivity index (χ3n) is 2.30. The third kappa shape index (κ3) is 4.32. The van der Waals surface area contributed by atoms with Crippen LogP contribution in [0.3, 0.4) is 0 Å². The summed E-state index contributed by atoms with van der Waals surface area (Å²) in [6.45, 7) is 6.47. The van der Waals surface area contributed by atoms with E-state index in [4.69, 9.17) is 0 Å². The summed E-state index contributed by atoms with van der Waals surface area (Å²) in [5.41, 5.74) is 1.48. The van der Waals surface area contributed by atoms with Crippen LogP contribution in [-0.4, -0.2) is 6.29 Å². The predicted molar refractivity (Wildman–Crippen MR) is 53.1 cm³/mol. The zero-order valence-electron chi connectivity index (χ0n) is 8.47. The van der Waals surface area contributed by atoms with Gasteiger partial charge in [-0.05, 0) is 25.2 Å². The van der Waals surface area contributed by atoms with Gasteiger partial charge in [-0.25, -0.2) is 0 Å². The van der Waals surface area contributed by atoms with Gasteiger partial charge in [0, 0.05) is 6.42 Å². The fourth-order valence-electron chi connectivity index (χ4n) is 1.30. The van der Waals surface area contributed by atoms with Crippen molar-refractivity contribution in [3.8, 4) is 0 Å². The Morgan fingerprint density at radius 1 is 1.25 bits per heavy atom. The van der Waals surface area contributed by atoms with Crippen LogP contribution < -0.4 is 0 Å². The summed E-state index contributed by atoms with van der Waals surface area (Å²) in [5.74, 6) is 0.470. The number of aldehydes is 1. The van der Waals surface area contributed by atoms with E-state index in [0.717, 1.165) is 25.5 Å². The Kier molecular flexibility index (Phi) is 6.73. The molecule has 0 aromatic carbocycles. The van der Waals surface area contributed by atoms with Crippen molar-refractivity contribution in [1.82, 2.24) is 0 Å². The number of carbonyl (C=O) groups is 1. The highest BCUT2D eigenvalue weighted by molar-refractivity contribution is 5.50. The maximum absolute atomic E-state index is 10.3. The van der Waals surface area contributed by atoms with Crippen LogP contribution in [0.15, 0.2) is 11.6 Å². The summed E-state index contributed by atoms with van der Waals surface area (Å²) in [5, 5.41) is 0. The minimum Gasteiger partial charge on any atom is -0.303 e. The maximum atomic E-state index is 10.3. The Labute approximate surface area is 75.9 Å². The SMILES string of the molecule is CCC(=CC(CC)CC=O)CC. The normalized spacial score (nSPS) is 12.2. The number of rotatable bonds is 6. The molecule has 1 heteroatoms. The van der Waals surface area contributed by atoms with Crippen LogP contribution in [0.25, 0.3) is 0 Å². The third-order valence-corrected chi connectivity index (χ3v) is 2.30. The maximum Gasteiger partial charge on any atom is 0.120 e. The van der Waals surface area contributed by atoms with E-state index in [9.17, 15) is 4.79 Å². The molecule has 0 radical (unpaired) electrons. The second-order valence-electron chi connectivity index (χ2n) is 3.10. The summed E-state index contributed by atoms with van der Waals surface area (Å²) in [7, 11) is 0. The van der Waals surface area contributed by atoms with Crippen LogP contribution in [0.4, 0.5) is 0 Å². The van der Waals surface area contributed by atoms with Crippen molar-refractivity contribution in [2.24, 2.45) is 5.92 Å². The van der Waals surface area contributed by atoms with Gasteiger partial charge in [0.25, 0.3) is 0 Å². The van der Waals surface area contributed by atoms with Crippen molar-refractivity contribution in [3.63, 3.8) is 0 Å². The van der Waals surface area contributed by atoms with E-state index in [-0.39, 0.29) is 0 Å². The van der Waals surface area contributed by atoms with Gasteiger partial charge >= 0.3 is 0 Å². The van der Waals surface area contributed by atoms with Crippen molar-refractivity contribution in [2.75, 3.05) is 0 Å². The van der Waals surface area contributed by atoms with Crippen LogP contribution in [0.1, 0.15) is 46.5 Å². The zero-order chi connectivity index (χ0) is 9.40. The van der Waals surface area contributed by atoms with Gasteiger partial charge in [0.2, 0.25) is 0 Å². The largest absolute Gasteiger partial charge is 0.303 e. The van der Waals surface area contributed by atoms with Gasteiger partial charge in [0.05, 0.1) is 0 Å². The summed E-state index contributed by atoms with van der Waals surface area (Å²) in [4.78, 5) is 10.3. The Morgan fingerprint density at radius 2 is 1.83 bits per heavy atom. The standard InChI is InChI=1S/C11H20O/c1-4-10(5-2)9-11(6-3)7-8-12/h8-9,11H,4-7H2,1-3H3. The molecule has 0 spiro atoms. The predicted octanol–water partition coefficient (Wildman–Crippen LogP) is 3.35. The zero-order valence-corrected chi connectivity index (χ0v) is 8.47. The summed E-state index contributed by atoms with van der Waals surface area (Å²) in [6, 6.07) is 0. The molecule has 0 aliphatic carbocycles. The van der Waals surface area contributed by atoms with Crippen LogP contribution in [0.2, 0.25) is 0 Å². The van der Waals surface area contributed by atoms with Crippen LogP contribution >= 0.6 is 0 Å². The molecule has 0 amide bonds. The highest BCUT2D eigenvalue weighted by Gasteiger charge is 2.02. The van der Waals surface area contributed by atoms with E-state index in [1.807, 2.05) is 0 Å². The van der Waals surface area contributed by atoms with Crippen molar-refractivity contribution in [3.05, 3.63) is 11.6 Å². The van der Waals surface area contributed by atoms with Crippen molar-refractivity contribution in [2.45, 2.75) is 46.5 Å². The lowest BCUT2D eigenvalue weighted by atomic mass is 9.98. The van der Waals surface area contributed by atoms with Gasteiger partial charge in [-0.1, -0.05) is 32.4 Å². The molecule has 0 rings (SSSR count). The molecule has 1 unspecified atom stereocenters. The van der Waals surface area contributed by atoms with Crippen LogP contribution in [-0.2, 0) is 4.79 Å². The molecule has 0 fully saturated rings. The molecule has 0 aromatic rings. The van der Waals surface area contributed by atoms with Crippen LogP contribution in [0.5, 0.6) is 0 Å². The molecule has 12 heavy (non-hydrogen) atoms. The van der Waals surface area contributed by atoms with Crippen LogP contribution in [0, 0.1) is 5.92 Å². The first-order valence-electron chi connectivity index (χ1n) is 4.91.